The molecule has 0 saturated heterocycles. The maximum atomic E-state index is 4.86. The van der Waals surface area contributed by atoms with Gasteiger partial charge in [0.05, 0.1) is 5.52 Å². The number of pyridine rings is 1. The summed E-state index contributed by atoms with van der Waals surface area (Å²) in [5, 5.41) is 7.35. The molecule has 0 bridgehead atoms. The smallest absolute Gasteiger partial charge is 0.101 e. The summed E-state index contributed by atoms with van der Waals surface area (Å²) < 4.78 is 1.97. The Morgan fingerprint density at radius 1 is 0.600 bits per heavy atom. The first-order valence-corrected chi connectivity index (χ1v) is 8.42. The van der Waals surface area contributed by atoms with E-state index >= 15 is 0 Å². The lowest BCUT2D eigenvalue weighted by Crippen LogP contribution is -1.84. The molecule has 0 atom stereocenters. The third-order valence-corrected chi connectivity index (χ3v) is 4.63. The van der Waals surface area contributed by atoms with Crippen molar-refractivity contribution in [3.05, 3.63) is 97.2 Å². The second kappa shape index (κ2) is 5.60. The summed E-state index contributed by atoms with van der Waals surface area (Å²) in [7, 11) is 0. The van der Waals surface area contributed by atoms with Crippen LogP contribution in [0.1, 0.15) is 0 Å². The van der Waals surface area contributed by atoms with Crippen molar-refractivity contribution in [1.29, 1.82) is 0 Å². The molecule has 2 nitrogen and oxygen atoms in total. The van der Waals surface area contributed by atoms with E-state index in [-0.39, 0.29) is 0 Å². The minimum atomic E-state index is 1.02. The Morgan fingerprint density at radius 3 is 2.24 bits per heavy atom. The van der Waals surface area contributed by atoms with E-state index in [4.69, 9.17) is 5.10 Å². The van der Waals surface area contributed by atoms with Crippen molar-refractivity contribution in [3.8, 4) is 22.4 Å². The van der Waals surface area contributed by atoms with Crippen molar-refractivity contribution in [2.24, 2.45) is 0 Å². The van der Waals surface area contributed by atoms with Crippen LogP contribution < -0.4 is 0 Å². The van der Waals surface area contributed by atoms with Gasteiger partial charge in [0, 0.05) is 17.3 Å². The number of fused-ring (bicyclic) bond motifs is 2. The number of aromatic nitrogens is 2. The van der Waals surface area contributed by atoms with E-state index in [9.17, 15) is 0 Å². The minimum Gasteiger partial charge on any atom is -0.240 e. The van der Waals surface area contributed by atoms with Crippen molar-refractivity contribution >= 4 is 16.3 Å². The fourth-order valence-electron chi connectivity index (χ4n) is 3.43. The average molecular weight is 320 g/mol. The van der Waals surface area contributed by atoms with Crippen LogP contribution >= 0.6 is 0 Å². The van der Waals surface area contributed by atoms with Gasteiger partial charge in [-0.1, -0.05) is 72.8 Å². The molecule has 0 saturated carbocycles. The molecule has 2 heterocycles. The molecule has 118 valence electrons. The van der Waals surface area contributed by atoms with Gasteiger partial charge in [-0.05, 0) is 34.5 Å². The molecule has 5 rings (SSSR count). The number of hydrogen-bond donors (Lipinski definition) is 0. The topological polar surface area (TPSA) is 17.3 Å². The Kier molecular flexibility index (Phi) is 3.14. The van der Waals surface area contributed by atoms with E-state index in [1.165, 1.54) is 21.9 Å². The van der Waals surface area contributed by atoms with Gasteiger partial charge in [-0.2, -0.15) is 5.10 Å². The molecule has 0 aliphatic heterocycles. The molecule has 0 fully saturated rings. The minimum absolute atomic E-state index is 1.02. The summed E-state index contributed by atoms with van der Waals surface area (Å²) in [6, 6.07) is 31.7. The lowest BCUT2D eigenvalue weighted by Gasteiger charge is -2.06. The van der Waals surface area contributed by atoms with Crippen LogP contribution in [-0.2, 0) is 0 Å². The average Bonchev–Trinajstić information content (AvgIpc) is 3.08. The van der Waals surface area contributed by atoms with Crippen molar-refractivity contribution in [2.75, 3.05) is 0 Å². The van der Waals surface area contributed by atoms with E-state index in [1.807, 2.05) is 22.8 Å². The first kappa shape index (κ1) is 14.0. The third kappa shape index (κ3) is 2.31. The number of nitrogens with zero attached hydrogens (tertiary/aromatic N) is 2. The number of hydrogen-bond acceptors (Lipinski definition) is 1. The highest BCUT2D eigenvalue weighted by molar-refractivity contribution is 5.96. The summed E-state index contributed by atoms with van der Waals surface area (Å²) >= 11 is 0. The highest BCUT2D eigenvalue weighted by Crippen LogP contribution is 2.36. The van der Waals surface area contributed by atoms with Gasteiger partial charge in [0.15, 0.2) is 0 Å². The molecular weight excluding hydrogens is 304 g/mol. The van der Waals surface area contributed by atoms with Gasteiger partial charge in [-0.3, -0.25) is 0 Å². The van der Waals surface area contributed by atoms with E-state index in [2.05, 4.69) is 78.9 Å². The first-order chi connectivity index (χ1) is 12.4. The SMILES string of the molecule is c1ccc(-c2nn3ccccc3c2-c2ccc3ccccc3c2)cc1. The predicted molar refractivity (Wildman–Crippen MR) is 104 cm³/mol. The Hall–Kier alpha value is -3.39. The molecule has 5 aromatic rings. The van der Waals surface area contributed by atoms with Gasteiger partial charge in [0.2, 0.25) is 0 Å². The number of rotatable bonds is 2. The summed E-state index contributed by atoms with van der Waals surface area (Å²) in [6.45, 7) is 0. The Morgan fingerprint density at radius 2 is 1.36 bits per heavy atom. The van der Waals surface area contributed by atoms with Gasteiger partial charge in [-0.25, -0.2) is 4.52 Å². The van der Waals surface area contributed by atoms with Crippen LogP contribution in [0.15, 0.2) is 97.2 Å². The zero-order valence-corrected chi connectivity index (χ0v) is 13.6. The monoisotopic (exact) mass is 320 g/mol. The van der Waals surface area contributed by atoms with E-state index in [0.29, 0.717) is 0 Å². The van der Waals surface area contributed by atoms with Gasteiger partial charge < -0.3 is 0 Å². The lowest BCUT2D eigenvalue weighted by atomic mass is 9.97. The molecule has 25 heavy (non-hydrogen) atoms. The van der Waals surface area contributed by atoms with Gasteiger partial charge >= 0.3 is 0 Å². The molecule has 0 aliphatic rings. The second-order valence-electron chi connectivity index (χ2n) is 6.18. The van der Waals surface area contributed by atoms with Crippen molar-refractivity contribution in [3.63, 3.8) is 0 Å². The largest absolute Gasteiger partial charge is 0.240 e. The Balaban J connectivity index is 1.84. The number of benzene rings is 3. The van der Waals surface area contributed by atoms with Crippen LogP contribution in [0.25, 0.3) is 38.7 Å². The van der Waals surface area contributed by atoms with E-state index < -0.39 is 0 Å². The van der Waals surface area contributed by atoms with E-state index in [1.54, 1.807) is 0 Å². The molecular formula is C23H16N2. The molecule has 2 aromatic heterocycles. The maximum absolute atomic E-state index is 4.86. The van der Waals surface area contributed by atoms with E-state index in [0.717, 1.165) is 16.8 Å². The highest BCUT2D eigenvalue weighted by atomic mass is 15.2. The third-order valence-electron chi connectivity index (χ3n) is 4.63. The van der Waals surface area contributed by atoms with Crippen LogP contribution in [0.4, 0.5) is 0 Å². The summed E-state index contributed by atoms with van der Waals surface area (Å²) in [6.07, 6.45) is 2.01. The Bertz CT molecular complexity index is 1190. The predicted octanol–water partition coefficient (Wildman–Crippen LogP) is 5.82. The molecule has 0 radical (unpaired) electrons. The fourth-order valence-corrected chi connectivity index (χ4v) is 3.43. The molecule has 0 N–H and O–H groups in total. The Labute approximate surface area is 146 Å². The molecule has 0 unspecified atom stereocenters. The van der Waals surface area contributed by atoms with Crippen LogP contribution in [0.5, 0.6) is 0 Å². The normalized spacial score (nSPS) is 11.2. The first-order valence-electron chi connectivity index (χ1n) is 8.42. The second-order valence-corrected chi connectivity index (χ2v) is 6.18. The van der Waals surface area contributed by atoms with Crippen LogP contribution in [0.2, 0.25) is 0 Å². The standard InChI is InChI=1S/C23H16N2/c1-2-9-18(10-3-1)23-22(21-12-6-7-15-25(21)24-23)20-14-13-17-8-4-5-11-19(17)16-20/h1-16H. The summed E-state index contributed by atoms with van der Waals surface area (Å²) in [5.74, 6) is 0. The van der Waals surface area contributed by atoms with Crippen molar-refractivity contribution in [1.82, 2.24) is 9.61 Å². The zero-order valence-electron chi connectivity index (χ0n) is 13.6. The van der Waals surface area contributed by atoms with Gasteiger partial charge in [-0.15, -0.1) is 0 Å². The zero-order chi connectivity index (χ0) is 16.6. The van der Waals surface area contributed by atoms with Crippen LogP contribution in [0.3, 0.4) is 0 Å². The molecule has 2 heteroatoms. The highest BCUT2D eigenvalue weighted by Gasteiger charge is 2.16. The van der Waals surface area contributed by atoms with Crippen molar-refractivity contribution < 1.29 is 0 Å². The summed E-state index contributed by atoms with van der Waals surface area (Å²) in [5.41, 5.74) is 5.64. The van der Waals surface area contributed by atoms with Crippen molar-refractivity contribution in [2.45, 2.75) is 0 Å². The molecule has 0 spiro atoms. The quantitative estimate of drug-likeness (QED) is 0.400. The van der Waals surface area contributed by atoms with Gasteiger partial charge in [0.1, 0.15) is 5.69 Å². The van der Waals surface area contributed by atoms with Crippen LogP contribution in [-0.4, -0.2) is 9.61 Å². The lowest BCUT2D eigenvalue weighted by molar-refractivity contribution is 0.966. The molecule has 0 amide bonds. The molecule has 0 aliphatic carbocycles. The maximum Gasteiger partial charge on any atom is 0.101 e. The van der Waals surface area contributed by atoms with Gasteiger partial charge in [0.25, 0.3) is 0 Å². The summed E-state index contributed by atoms with van der Waals surface area (Å²) in [4.78, 5) is 0. The fraction of sp³-hybridized carbons (Fsp3) is 0. The van der Waals surface area contributed by atoms with Crippen LogP contribution in [0, 0.1) is 0 Å². The molecule has 3 aromatic carbocycles.